The molecule has 3 heteroatoms. The SMILES string of the molecule is CSNc1cc(C)ccc1F. The molecule has 1 aromatic carbocycles. The molecule has 0 heterocycles. The molecule has 0 aliphatic carbocycles. The quantitative estimate of drug-likeness (QED) is 0.687. The first kappa shape index (κ1) is 8.40. The van der Waals surface area contributed by atoms with Crippen LogP contribution < -0.4 is 4.72 Å². The summed E-state index contributed by atoms with van der Waals surface area (Å²) in [5, 5.41) is 0. The van der Waals surface area contributed by atoms with E-state index in [-0.39, 0.29) is 5.82 Å². The maximum Gasteiger partial charge on any atom is 0.147 e. The Morgan fingerprint density at radius 1 is 1.45 bits per heavy atom. The van der Waals surface area contributed by atoms with Crippen molar-refractivity contribution in [1.82, 2.24) is 0 Å². The summed E-state index contributed by atoms with van der Waals surface area (Å²) < 4.78 is 15.7. The minimum absolute atomic E-state index is 0.204. The highest BCUT2D eigenvalue weighted by molar-refractivity contribution is 7.99. The van der Waals surface area contributed by atoms with E-state index in [4.69, 9.17) is 0 Å². The van der Waals surface area contributed by atoms with E-state index in [1.54, 1.807) is 12.1 Å². The second kappa shape index (κ2) is 3.62. The Morgan fingerprint density at radius 2 is 2.18 bits per heavy atom. The van der Waals surface area contributed by atoms with Crippen LogP contribution in [0.4, 0.5) is 10.1 Å². The van der Waals surface area contributed by atoms with E-state index >= 15 is 0 Å². The first-order valence-electron chi connectivity index (χ1n) is 3.29. The largest absolute Gasteiger partial charge is 0.328 e. The molecule has 1 rings (SSSR count). The van der Waals surface area contributed by atoms with E-state index < -0.39 is 0 Å². The summed E-state index contributed by atoms with van der Waals surface area (Å²) in [4.78, 5) is 0. The molecule has 0 saturated heterocycles. The normalized spacial score (nSPS) is 9.73. The zero-order chi connectivity index (χ0) is 8.27. The minimum Gasteiger partial charge on any atom is -0.328 e. The van der Waals surface area contributed by atoms with Crippen LogP contribution in [0.1, 0.15) is 5.56 Å². The fourth-order valence-corrected chi connectivity index (χ4v) is 1.20. The van der Waals surface area contributed by atoms with Gasteiger partial charge < -0.3 is 4.72 Å². The summed E-state index contributed by atoms with van der Waals surface area (Å²) in [5.41, 5.74) is 1.61. The third-order valence-corrected chi connectivity index (χ3v) is 1.76. The average molecular weight is 171 g/mol. The van der Waals surface area contributed by atoms with Crippen LogP contribution in [0, 0.1) is 12.7 Å². The highest BCUT2D eigenvalue weighted by atomic mass is 32.2. The zero-order valence-electron chi connectivity index (χ0n) is 6.52. The van der Waals surface area contributed by atoms with Crippen molar-refractivity contribution in [3.05, 3.63) is 29.6 Å². The molecule has 1 aromatic rings. The van der Waals surface area contributed by atoms with Crippen molar-refractivity contribution in [1.29, 1.82) is 0 Å². The molecule has 0 amide bonds. The number of aryl methyl sites for hydroxylation is 1. The van der Waals surface area contributed by atoms with E-state index in [9.17, 15) is 4.39 Å². The van der Waals surface area contributed by atoms with Crippen molar-refractivity contribution in [2.45, 2.75) is 6.92 Å². The van der Waals surface area contributed by atoms with E-state index in [0.29, 0.717) is 5.69 Å². The van der Waals surface area contributed by atoms with Gasteiger partial charge in [-0.2, -0.15) is 0 Å². The van der Waals surface area contributed by atoms with Crippen molar-refractivity contribution in [3.63, 3.8) is 0 Å². The Balaban J connectivity index is 2.93. The first-order chi connectivity index (χ1) is 5.24. The fourth-order valence-electron chi connectivity index (χ4n) is 0.827. The number of hydrogen-bond donors (Lipinski definition) is 1. The van der Waals surface area contributed by atoms with Gasteiger partial charge in [-0.05, 0) is 24.6 Å². The molecule has 0 unspecified atom stereocenters. The molecule has 0 radical (unpaired) electrons. The molecule has 0 spiro atoms. The molecule has 0 fully saturated rings. The molecular formula is C8H10FNS. The number of anilines is 1. The molecule has 0 atom stereocenters. The zero-order valence-corrected chi connectivity index (χ0v) is 7.33. The molecule has 0 aromatic heterocycles. The third kappa shape index (κ3) is 2.12. The van der Waals surface area contributed by atoms with Crippen LogP contribution >= 0.6 is 11.9 Å². The van der Waals surface area contributed by atoms with Crippen LogP contribution in [0.5, 0.6) is 0 Å². The monoisotopic (exact) mass is 171 g/mol. The lowest BCUT2D eigenvalue weighted by atomic mass is 10.2. The van der Waals surface area contributed by atoms with Gasteiger partial charge in [0.2, 0.25) is 0 Å². The maximum absolute atomic E-state index is 12.9. The van der Waals surface area contributed by atoms with Crippen LogP contribution in [-0.2, 0) is 0 Å². The van der Waals surface area contributed by atoms with Crippen molar-refractivity contribution >= 4 is 17.6 Å². The smallest absolute Gasteiger partial charge is 0.147 e. The Labute approximate surface area is 70.1 Å². The minimum atomic E-state index is -0.204. The van der Waals surface area contributed by atoms with Crippen molar-refractivity contribution in [2.75, 3.05) is 11.0 Å². The van der Waals surface area contributed by atoms with Gasteiger partial charge in [0.1, 0.15) is 5.82 Å². The third-order valence-electron chi connectivity index (χ3n) is 1.33. The molecule has 0 aliphatic rings. The van der Waals surface area contributed by atoms with Gasteiger partial charge in [0.05, 0.1) is 5.69 Å². The predicted octanol–water partition coefficient (Wildman–Crippen LogP) is 2.82. The maximum atomic E-state index is 12.9. The second-order valence-electron chi connectivity index (χ2n) is 2.29. The van der Waals surface area contributed by atoms with Crippen LogP contribution in [0.3, 0.4) is 0 Å². The number of benzene rings is 1. The Kier molecular flexibility index (Phi) is 2.76. The van der Waals surface area contributed by atoms with E-state index in [0.717, 1.165) is 5.56 Å². The Morgan fingerprint density at radius 3 is 2.82 bits per heavy atom. The van der Waals surface area contributed by atoms with Crippen LogP contribution in [-0.4, -0.2) is 6.26 Å². The van der Waals surface area contributed by atoms with E-state index in [1.807, 2.05) is 13.2 Å². The Hall–Kier alpha value is -0.700. The van der Waals surface area contributed by atoms with Crippen LogP contribution in [0.15, 0.2) is 18.2 Å². The van der Waals surface area contributed by atoms with Crippen molar-refractivity contribution in [3.8, 4) is 0 Å². The van der Waals surface area contributed by atoms with Crippen molar-refractivity contribution in [2.24, 2.45) is 0 Å². The summed E-state index contributed by atoms with van der Waals surface area (Å²) in [7, 11) is 0. The predicted molar refractivity (Wildman–Crippen MR) is 48.3 cm³/mol. The summed E-state index contributed by atoms with van der Waals surface area (Å²) >= 11 is 1.39. The number of nitrogens with one attached hydrogen (secondary N) is 1. The summed E-state index contributed by atoms with van der Waals surface area (Å²) in [6.07, 6.45) is 1.86. The van der Waals surface area contributed by atoms with Gasteiger partial charge >= 0.3 is 0 Å². The summed E-state index contributed by atoms with van der Waals surface area (Å²) in [5.74, 6) is -0.204. The fraction of sp³-hybridized carbons (Fsp3) is 0.250. The lowest BCUT2D eigenvalue weighted by Crippen LogP contribution is -1.89. The standard InChI is InChI=1S/C8H10FNS/c1-6-3-4-7(9)8(5-6)10-11-2/h3-5,10H,1-2H3. The number of rotatable bonds is 2. The summed E-state index contributed by atoms with van der Waals surface area (Å²) in [6, 6.07) is 5.00. The second-order valence-corrected chi connectivity index (χ2v) is 2.90. The molecule has 60 valence electrons. The van der Waals surface area contributed by atoms with E-state index in [1.165, 1.54) is 18.0 Å². The molecule has 1 nitrogen and oxygen atoms in total. The van der Waals surface area contributed by atoms with Gasteiger partial charge in [-0.15, -0.1) is 0 Å². The topological polar surface area (TPSA) is 12.0 Å². The van der Waals surface area contributed by atoms with Gasteiger partial charge in [0.25, 0.3) is 0 Å². The molecular weight excluding hydrogens is 161 g/mol. The number of hydrogen-bond acceptors (Lipinski definition) is 2. The lowest BCUT2D eigenvalue weighted by Gasteiger charge is -2.03. The van der Waals surface area contributed by atoms with Crippen molar-refractivity contribution < 1.29 is 4.39 Å². The van der Waals surface area contributed by atoms with Gasteiger partial charge in [0, 0.05) is 6.26 Å². The van der Waals surface area contributed by atoms with Gasteiger partial charge in [-0.1, -0.05) is 18.0 Å². The molecule has 11 heavy (non-hydrogen) atoms. The average Bonchev–Trinajstić information content (AvgIpc) is 1.98. The highest BCUT2D eigenvalue weighted by Crippen LogP contribution is 2.17. The first-order valence-corrected chi connectivity index (χ1v) is 4.51. The van der Waals surface area contributed by atoms with Crippen LogP contribution in [0.25, 0.3) is 0 Å². The molecule has 1 N–H and O–H groups in total. The highest BCUT2D eigenvalue weighted by Gasteiger charge is 1.98. The van der Waals surface area contributed by atoms with Gasteiger partial charge in [0.15, 0.2) is 0 Å². The number of halogens is 1. The lowest BCUT2D eigenvalue weighted by molar-refractivity contribution is 0.632. The Bertz CT molecular complexity index is 250. The molecule has 0 saturated carbocycles. The van der Waals surface area contributed by atoms with E-state index in [2.05, 4.69) is 4.72 Å². The van der Waals surface area contributed by atoms with Crippen LogP contribution in [0.2, 0.25) is 0 Å². The van der Waals surface area contributed by atoms with Gasteiger partial charge in [-0.3, -0.25) is 0 Å². The molecule has 0 aliphatic heterocycles. The molecule has 0 bridgehead atoms. The van der Waals surface area contributed by atoms with Gasteiger partial charge in [-0.25, -0.2) is 4.39 Å². The summed E-state index contributed by atoms with van der Waals surface area (Å²) in [6.45, 7) is 1.94.